The van der Waals surface area contributed by atoms with Crippen LogP contribution in [0.2, 0.25) is 0 Å². The number of nitrogens with two attached hydrogens (primary N) is 1. The van der Waals surface area contributed by atoms with E-state index >= 15 is 0 Å². The lowest BCUT2D eigenvalue weighted by atomic mass is 10.3. The molecule has 0 atom stereocenters. The number of anilines is 2. The number of aryl methyl sites for hydroxylation is 1. The van der Waals surface area contributed by atoms with Crippen LogP contribution in [-0.4, -0.2) is 43.1 Å². The van der Waals surface area contributed by atoms with E-state index in [1.165, 1.54) is 11.8 Å². The number of carbonyl (C=O) groups is 1. The zero-order valence-electron chi connectivity index (χ0n) is 11.0. The molecule has 19 heavy (non-hydrogen) atoms. The van der Waals surface area contributed by atoms with Gasteiger partial charge in [-0.2, -0.15) is 10.4 Å². The van der Waals surface area contributed by atoms with Gasteiger partial charge in [-0.3, -0.25) is 0 Å². The zero-order valence-corrected chi connectivity index (χ0v) is 11.0. The smallest absolute Gasteiger partial charge is 0.345 e. The minimum Gasteiger partial charge on any atom is -0.465 e. The Morgan fingerprint density at radius 3 is 2.89 bits per heavy atom. The van der Waals surface area contributed by atoms with Gasteiger partial charge in [0.05, 0.1) is 32.8 Å². The van der Waals surface area contributed by atoms with E-state index < -0.39 is 5.97 Å². The van der Waals surface area contributed by atoms with E-state index in [2.05, 4.69) is 15.2 Å². The largest absolute Gasteiger partial charge is 0.465 e. The molecule has 0 fully saturated rings. The fourth-order valence-corrected chi connectivity index (χ4v) is 1.50. The van der Waals surface area contributed by atoms with Crippen molar-refractivity contribution in [3.63, 3.8) is 0 Å². The average Bonchev–Trinajstić information content (AvgIpc) is 2.72. The van der Waals surface area contributed by atoms with Gasteiger partial charge in [0.1, 0.15) is 11.4 Å². The molecule has 0 radical (unpaired) electrons. The number of esters is 1. The highest BCUT2D eigenvalue weighted by molar-refractivity contribution is 5.99. The van der Waals surface area contributed by atoms with Crippen molar-refractivity contribution in [2.24, 2.45) is 0 Å². The fourth-order valence-electron chi connectivity index (χ4n) is 1.50. The van der Waals surface area contributed by atoms with Gasteiger partial charge in [0.25, 0.3) is 0 Å². The summed E-state index contributed by atoms with van der Waals surface area (Å²) in [6.07, 6.45) is 0.254. The normalized spacial score (nSPS) is 9.95. The molecule has 0 aromatic carbocycles. The van der Waals surface area contributed by atoms with Crippen molar-refractivity contribution in [2.75, 3.05) is 38.4 Å². The number of nitrogens with one attached hydrogen (secondary N) is 1. The molecule has 1 heterocycles. The number of carbonyl (C=O) groups excluding carboxylic acids is 1. The molecule has 0 saturated carbocycles. The molecule has 1 aromatic heterocycles. The Kier molecular flexibility index (Phi) is 5.63. The Morgan fingerprint density at radius 1 is 1.58 bits per heavy atom. The third kappa shape index (κ3) is 3.59. The Labute approximate surface area is 111 Å². The molecule has 0 amide bonds. The molecule has 0 bridgehead atoms. The number of rotatable bonds is 7. The van der Waals surface area contributed by atoms with Crippen molar-refractivity contribution in [1.29, 1.82) is 5.26 Å². The Bertz CT molecular complexity index is 477. The van der Waals surface area contributed by atoms with Crippen LogP contribution in [0.3, 0.4) is 0 Å². The number of nitriles is 1. The molecule has 0 aliphatic heterocycles. The van der Waals surface area contributed by atoms with E-state index in [4.69, 9.17) is 15.7 Å². The summed E-state index contributed by atoms with van der Waals surface area (Å²) < 4.78 is 11.0. The van der Waals surface area contributed by atoms with Gasteiger partial charge >= 0.3 is 5.97 Å². The SMILES string of the molecule is COCCNc1nn(CCC#N)c(N)c1C(=O)OC. The molecule has 3 N–H and O–H groups in total. The number of ether oxygens (including phenoxy) is 2. The predicted molar refractivity (Wildman–Crippen MR) is 68.6 cm³/mol. The fraction of sp³-hybridized carbons (Fsp3) is 0.545. The maximum Gasteiger partial charge on any atom is 0.345 e. The zero-order chi connectivity index (χ0) is 14.3. The van der Waals surface area contributed by atoms with Crippen LogP contribution in [0, 0.1) is 11.3 Å². The van der Waals surface area contributed by atoms with Crippen LogP contribution in [0.1, 0.15) is 16.8 Å². The van der Waals surface area contributed by atoms with Crippen LogP contribution in [-0.2, 0) is 16.0 Å². The topological polar surface area (TPSA) is 115 Å². The first-order valence-corrected chi connectivity index (χ1v) is 5.70. The molecule has 0 spiro atoms. The summed E-state index contributed by atoms with van der Waals surface area (Å²) in [7, 11) is 2.84. The van der Waals surface area contributed by atoms with Gasteiger partial charge in [-0.25, -0.2) is 9.48 Å². The third-order valence-corrected chi connectivity index (χ3v) is 2.42. The average molecular weight is 267 g/mol. The summed E-state index contributed by atoms with van der Waals surface area (Å²) in [5, 5.41) is 15.7. The summed E-state index contributed by atoms with van der Waals surface area (Å²) in [5.41, 5.74) is 6.02. The Morgan fingerprint density at radius 2 is 2.32 bits per heavy atom. The van der Waals surface area contributed by atoms with Crippen LogP contribution in [0.4, 0.5) is 11.6 Å². The van der Waals surface area contributed by atoms with Gasteiger partial charge in [0, 0.05) is 13.7 Å². The molecule has 0 aliphatic rings. The molecular weight excluding hydrogens is 250 g/mol. The van der Waals surface area contributed by atoms with E-state index in [0.717, 1.165) is 0 Å². The second-order valence-corrected chi connectivity index (χ2v) is 3.65. The second kappa shape index (κ2) is 7.23. The third-order valence-electron chi connectivity index (χ3n) is 2.42. The Hall–Kier alpha value is -2.27. The highest BCUT2D eigenvalue weighted by Gasteiger charge is 2.22. The lowest BCUT2D eigenvalue weighted by molar-refractivity contribution is 0.0603. The van der Waals surface area contributed by atoms with Crippen molar-refractivity contribution in [3.8, 4) is 6.07 Å². The first-order valence-electron chi connectivity index (χ1n) is 5.70. The van der Waals surface area contributed by atoms with Crippen LogP contribution < -0.4 is 11.1 Å². The van der Waals surface area contributed by atoms with Crippen LogP contribution >= 0.6 is 0 Å². The van der Waals surface area contributed by atoms with Crippen molar-refractivity contribution in [3.05, 3.63) is 5.56 Å². The van der Waals surface area contributed by atoms with Crippen LogP contribution in [0.15, 0.2) is 0 Å². The minimum atomic E-state index is -0.569. The number of aromatic nitrogens is 2. The number of hydrogen-bond acceptors (Lipinski definition) is 7. The minimum absolute atomic E-state index is 0.177. The van der Waals surface area contributed by atoms with Gasteiger partial charge in [-0.1, -0.05) is 0 Å². The van der Waals surface area contributed by atoms with Gasteiger partial charge in [-0.15, -0.1) is 0 Å². The quantitative estimate of drug-likeness (QED) is 0.536. The second-order valence-electron chi connectivity index (χ2n) is 3.65. The van der Waals surface area contributed by atoms with E-state index in [1.807, 2.05) is 6.07 Å². The van der Waals surface area contributed by atoms with E-state index in [0.29, 0.717) is 25.5 Å². The summed E-state index contributed by atoms with van der Waals surface area (Å²) in [4.78, 5) is 11.7. The van der Waals surface area contributed by atoms with Gasteiger partial charge in [0.15, 0.2) is 5.82 Å². The highest BCUT2D eigenvalue weighted by Crippen LogP contribution is 2.22. The van der Waals surface area contributed by atoms with Gasteiger partial charge in [-0.05, 0) is 0 Å². The van der Waals surface area contributed by atoms with Gasteiger partial charge < -0.3 is 20.5 Å². The lowest BCUT2D eigenvalue weighted by Crippen LogP contribution is -2.12. The number of methoxy groups -OCH3 is 2. The van der Waals surface area contributed by atoms with Crippen LogP contribution in [0.25, 0.3) is 0 Å². The highest BCUT2D eigenvalue weighted by atomic mass is 16.5. The molecule has 104 valence electrons. The molecular formula is C11H17N5O3. The van der Waals surface area contributed by atoms with Crippen molar-refractivity contribution in [2.45, 2.75) is 13.0 Å². The van der Waals surface area contributed by atoms with Crippen LogP contribution in [0.5, 0.6) is 0 Å². The first-order chi connectivity index (χ1) is 9.15. The lowest BCUT2D eigenvalue weighted by Gasteiger charge is -2.04. The molecule has 0 unspecified atom stereocenters. The summed E-state index contributed by atoms with van der Waals surface area (Å²) >= 11 is 0. The number of nitrogens with zero attached hydrogens (tertiary/aromatic N) is 3. The summed E-state index contributed by atoms with van der Waals surface area (Å²) in [6.45, 7) is 1.26. The number of hydrogen-bond donors (Lipinski definition) is 2. The summed E-state index contributed by atoms with van der Waals surface area (Å²) in [6, 6.07) is 1.99. The first kappa shape index (κ1) is 14.8. The monoisotopic (exact) mass is 267 g/mol. The molecule has 0 aliphatic carbocycles. The standard InChI is InChI=1S/C11H17N5O3/c1-18-7-5-14-10-8(11(17)19-2)9(13)16(15-10)6-3-4-12/h3,5-7,13H2,1-2H3,(H,14,15). The summed E-state index contributed by atoms with van der Waals surface area (Å²) in [5.74, 6) is -0.0537. The maximum absolute atomic E-state index is 11.7. The molecule has 1 rings (SSSR count). The van der Waals surface area contributed by atoms with E-state index in [-0.39, 0.29) is 17.8 Å². The Balaban J connectivity index is 2.98. The molecule has 8 nitrogen and oxygen atoms in total. The van der Waals surface area contributed by atoms with E-state index in [9.17, 15) is 4.79 Å². The maximum atomic E-state index is 11.7. The van der Waals surface area contributed by atoms with Crippen molar-refractivity contribution >= 4 is 17.6 Å². The predicted octanol–water partition coefficient (Wildman–Crippen LogP) is 0.224. The molecule has 0 saturated heterocycles. The van der Waals surface area contributed by atoms with Crippen molar-refractivity contribution in [1.82, 2.24) is 9.78 Å². The molecule has 8 heteroatoms. The van der Waals surface area contributed by atoms with Crippen molar-refractivity contribution < 1.29 is 14.3 Å². The van der Waals surface area contributed by atoms with E-state index in [1.54, 1.807) is 7.11 Å². The van der Waals surface area contributed by atoms with Gasteiger partial charge in [0.2, 0.25) is 0 Å². The number of nitrogen functional groups attached to an aromatic ring is 1. The molecule has 1 aromatic rings.